The summed E-state index contributed by atoms with van der Waals surface area (Å²) in [6.07, 6.45) is 2.30. The van der Waals surface area contributed by atoms with Crippen LogP contribution in [-0.4, -0.2) is 9.97 Å². The lowest BCUT2D eigenvalue weighted by Crippen LogP contribution is -1.99. The first-order valence-corrected chi connectivity index (χ1v) is 4.94. The Morgan fingerprint density at radius 3 is 2.29 bits per heavy atom. The van der Waals surface area contributed by atoms with E-state index in [0.717, 1.165) is 18.5 Å². The number of hydrogen-bond acceptors (Lipinski definition) is 2. The molecular weight excluding hydrogens is 229 g/mol. The summed E-state index contributed by atoms with van der Waals surface area (Å²) in [5.41, 5.74) is 0.0241. The molecule has 0 aromatic carbocycles. The summed E-state index contributed by atoms with van der Waals surface area (Å²) in [7, 11) is 0. The fourth-order valence-electron chi connectivity index (χ4n) is 1.44. The molecule has 2 heterocycles. The standard InChI is InChI=1S/C12H9F3N2/c1-6-4-17-12(11(15)10(6)14)8-5-16-7(2)3-9(8)13/h3-5H,1-2H3. The number of pyridine rings is 2. The topological polar surface area (TPSA) is 25.8 Å². The molecule has 0 bridgehead atoms. The molecule has 0 atom stereocenters. The molecule has 0 fully saturated rings. The van der Waals surface area contributed by atoms with E-state index in [-0.39, 0.29) is 16.8 Å². The van der Waals surface area contributed by atoms with Crippen LogP contribution in [-0.2, 0) is 0 Å². The van der Waals surface area contributed by atoms with E-state index in [1.807, 2.05) is 0 Å². The number of rotatable bonds is 1. The van der Waals surface area contributed by atoms with E-state index in [1.165, 1.54) is 6.92 Å². The van der Waals surface area contributed by atoms with Crippen LogP contribution in [0.25, 0.3) is 11.3 Å². The van der Waals surface area contributed by atoms with E-state index in [0.29, 0.717) is 5.69 Å². The third kappa shape index (κ3) is 2.00. The van der Waals surface area contributed by atoms with Crippen LogP contribution in [0.15, 0.2) is 18.5 Å². The summed E-state index contributed by atoms with van der Waals surface area (Å²) >= 11 is 0. The lowest BCUT2D eigenvalue weighted by atomic mass is 10.1. The van der Waals surface area contributed by atoms with Crippen LogP contribution in [0.4, 0.5) is 13.2 Å². The van der Waals surface area contributed by atoms with Crippen molar-refractivity contribution >= 4 is 0 Å². The minimum Gasteiger partial charge on any atom is -0.261 e. The van der Waals surface area contributed by atoms with E-state index in [2.05, 4.69) is 9.97 Å². The van der Waals surface area contributed by atoms with Gasteiger partial charge in [0.1, 0.15) is 11.5 Å². The van der Waals surface area contributed by atoms with Gasteiger partial charge in [-0.15, -0.1) is 0 Å². The largest absolute Gasteiger partial charge is 0.261 e. The third-order valence-corrected chi connectivity index (χ3v) is 2.38. The van der Waals surface area contributed by atoms with Gasteiger partial charge in [-0.1, -0.05) is 0 Å². The summed E-state index contributed by atoms with van der Waals surface area (Å²) in [6.45, 7) is 2.99. The zero-order valence-electron chi connectivity index (χ0n) is 9.26. The van der Waals surface area contributed by atoms with Crippen molar-refractivity contribution in [3.8, 4) is 11.3 Å². The Kier molecular flexibility index (Phi) is 2.83. The number of aryl methyl sites for hydroxylation is 2. The zero-order valence-corrected chi connectivity index (χ0v) is 9.26. The Morgan fingerprint density at radius 2 is 1.65 bits per heavy atom. The fourth-order valence-corrected chi connectivity index (χ4v) is 1.44. The van der Waals surface area contributed by atoms with Crippen LogP contribution in [0.3, 0.4) is 0 Å². The second-order valence-corrected chi connectivity index (χ2v) is 3.72. The third-order valence-electron chi connectivity index (χ3n) is 2.38. The molecule has 5 heteroatoms. The van der Waals surface area contributed by atoms with Gasteiger partial charge in [0.25, 0.3) is 0 Å². The molecular formula is C12H9F3N2. The van der Waals surface area contributed by atoms with Crippen LogP contribution in [0.2, 0.25) is 0 Å². The van der Waals surface area contributed by atoms with Crippen molar-refractivity contribution in [2.75, 3.05) is 0 Å². The second kappa shape index (κ2) is 4.16. The number of hydrogen-bond donors (Lipinski definition) is 0. The van der Waals surface area contributed by atoms with E-state index in [4.69, 9.17) is 0 Å². The van der Waals surface area contributed by atoms with Crippen molar-refractivity contribution in [3.63, 3.8) is 0 Å². The first-order chi connectivity index (χ1) is 8.00. The summed E-state index contributed by atoms with van der Waals surface area (Å²) in [4.78, 5) is 7.54. The van der Waals surface area contributed by atoms with Crippen LogP contribution in [0.1, 0.15) is 11.3 Å². The van der Waals surface area contributed by atoms with Crippen molar-refractivity contribution in [1.29, 1.82) is 0 Å². The normalized spacial score (nSPS) is 10.6. The van der Waals surface area contributed by atoms with Gasteiger partial charge in [-0.05, 0) is 19.9 Å². The van der Waals surface area contributed by atoms with E-state index >= 15 is 0 Å². The number of halogens is 3. The molecule has 0 amide bonds. The molecule has 88 valence electrons. The Hall–Kier alpha value is -1.91. The molecule has 0 saturated carbocycles. The van der Waals surface area contributed by atoms with Gasteiger partial charge in [0, 0.05) is 23.7 Å². The molecule has 0 unspecified atom stereocenters. The van der Waals surface area contributed by atoms with Gasteiger partial charge in [0.15, 0.2) is 11.6 Å². The predicted molar refractivity (Wildman–Crippen MR) is 56.8 cm³/mol. The minimum atomic E-state index is -1.16. The van der Waals surface area contributed by atoms with Crippen LogP contribution in [0, 0.1) is 31.3 Å². The number of aromatic nitrogens is 2. The predicted octanol–water partition coefficient (Wildman–Crippen LogP) is 3.18. The molecule has 0 aliphatic heterocycles. The average molecular weight is 238 g/mol. The highest BCUT2D eigenvalue weighted by Gasteiger charge is 2.17. The first kappa shape index (κ1) is 11.6. The second-order valence-electron chi connectivity index (χ2n) is 3.72. The van der Waals surface area contributed by atoms with E-state index in [1.54, 1.807) is 6.92 Å². The molecule has 0 spiro atoms. The van der Waals surface area contributed by atoms with Crippen LogP contribution in [0.5, 0.6) is 0 Å². The monoisotopic (exact) mass is 238 g/mol. The summed E-state index contributed by atoms with van der Waals surface area (Å²) in [6, 6.07) is 1.15. The van der Waals surface area contributed by atoms with Gasteiger partial charge >= 0.3 is 0 Å². The molecule has 0 aliphatic rings. The summed E-state index contributed by atoms with van der Waals surface area (Å²) < 4.78 is 40.5. The van der Waals surface area contributed by atoms with Gasteiger partial charge in [-0.25, -0.2) is 13.2 Å². The molecule has 2 nitrogen and oxygen atoms in total. The molecule has 2 rings (SSSR count). The molecule has 0 radical (unpaired) electrons. The van der Waals surface area contributed by atoms with Crippen LogP contribution < -0.4 is 0 Å². The van der Waals surface area contributed by atoms with Gasteiger partial charge in [0.2, 0.25) is 0 Å². The summed E-state index contributed by atoms with van der Waals surface area (Å²) in [5.74, 6) is -2.85. The Labute approximate surface area is 96.2 Å². The average Bonchev–Trinajstić information content (AvgIpc) is 2.28. The zero-order chi connectivity index (χ0) is 12.6. The van der Waals surface area contributed by atoms with E-state index < -0.39 is 17.5 Å². The lowest BCUT2D eigenvalue weighted by Gasteiger charge is -2.06. The maximum absolute atomic E-state index is 13.6. The molecule has 0 saturated heterocycles. The number of nitrogens with zero attached hydrogens (tertiary/aromatic N) is 2. The molecule has 0 aliphatic carbocycles. The van der Waals surface area contributed by atoms with Crippen molar-refractivity contribution in [2.24, 2.45) is 0 Å². The molecule has 17 heavy (non-hydrogen) atoms. The lowest BCUT2D eigenvalue weighted by molar-refractivity contribution is 0.500. The highest BCUT2D eigenvalue weighted by atomic mass is 19.2. The van der Waals surface area contributed by atoms with Crippen molar-refractivity contribution < 1.29 is 13.2 Å². The highest BCUT2D eigenvalue weighted by molar-refractivity contribution is 5.59. The van der Waals surface area contributed by atoms with Gasteiger partial charge in [-0.2, -0.15) is 0 Å². The summed E-state index contributed by atoms with van der Waals surface area (Å²) in [5, 5.41) is 0. The molecule has 2 aromatic rings. The van der Waals surface area contributed by atoms with Crippen molar-refractivity contribution in [3.05, 3.63) is 47.2 Å². The smallest absolute Gasteiger partial charge is 0.185 e. The Morgan fingerprint density at radius 1 is 0.941 bits per heavy atom. The van der Waals surface area contributed by atoms with Gasteiger partial charge in [0.05, 0.1) is 5.56 Å². The maximum atomic E-state index is 13.6. The molecule has 2 aromatic heterocycles. The Bertz CT molecular complexity index is 582. The first-order valence-electron chi connectivity index (χ1n) is 4.94. The molecule has 0 N–H and O–H groups in total. The Balaban J connectivity index is 2.65. The quantitative estimate of drug-likeness (QED) is 0.762. The highest BCUT2D eigenvalue weighted by Crippen LogP contribution is 2.25. The van der Waals surface area contributed by atoms with Crippen molar-refractivity contribution in [1.82, 2.24) is 9.97 Å². The van der Waals surface area contributed by atoms with Gasteiger partial charge < -0.3 is 0 Å². The SMILES string of the molecule is Cc1cc(F)c(-c2ncc(C)c(F)c2F)cn1. The fraction of sp³-hybridized carbons (Fsp3) is 0.167. The van der Waals surface area contributed by atoms with E-state index in [9.17, 15) is 13.2 Å². The minimum absolute atomic E-state index is 0.0757. The van der Waals surface area contributed by atoms with Crippen molar-refractivity contribution in [2.45, 2.75) is 13.8 Å². The van der Waals surface area contributed by atoms with Gasteiger partial charge in [-0.3, -0.25) is 9.97 Å². The van der Waals surface area contributed by atoms with Crippen LogP contribution >= 0.6 is 0 Å². The maximum Gasteiger partial charge on any atom is 0.185 e.